The van der Waals surface area contributed by atoms with E-state index in [1.54, 1.807) is 26.5 Å². The molecule has 0 bridgehead atoms. The van der Waals surface area contributed by atoms with E-state index in [2.05, 4.69) is 15.6 Å². The average Bonchev–Trinajstić information content (AvgIpc) is 2.86. The fraction of sp³-hybridized carbons (Fsp3) is 0.222. The van der Waals surface area contributed by atoms with Gasteiger partial charge in [-0.25, -0.2) is 4.39 Å². The smallest absolute Gasteiger partial charge is 0.131 e. The first-order chi connectivity index (χ1) is 16.7. The molecule has 0 aliphatic heterocycles. The monoisotopic (exact) mass is 461 g/mol. The molecule has 0 unspecified atom stereocenters. The lowest BCUT2D eigenvalue weighted by atomic mass is 10.1. The number of benzene rings is 3. The Morgan fingerprint density at radius 1 is 0.853 bits per heavy atom. The van der Waals surface area contributed by atoms with E-state index in [1.807, 2.05) is 48.5 Å². The Labute approximate surface area is 198 Å². The van der Waals surface area contributed by atoms with E-state index >= 15 is 0 Å². The fourth-order valence-electron chi connectivity index (χ4n) is 3.69. The van der Waals surface area contributed by atoms with Crippen molar-refractivity contribution in [3.05, 3.63) is 84.3 Å². The third-order valence-corrected chi connectivity index (χ3v) is 5.39. The third-order valence-electron chi connectivity index (χ3n) is 5.39. The van der Waals surface area contributed by atoms with E-state index in [9.17, 15) is 4.39 Å². The van der Waals surface area contributed by atoms with Crippen molar-refractivity contribution in [2.24, 2.45) is 0 Å². The number of nitrogens with zero attached hydrogens (tertiary/aromatic N) is 1. The number of ether oxygens (including phenoxy) is 3. The Kier molecular flexibility index (Phi) is 7.78. The second-order valence-electron chi connectivity index (χ2n) is 7.73. The van der Waals surface area contributed by atoms with Gasteiger partial charge in [-0.15, -0.1) is 0 Å². The van der Waals surface area contributed by atoms with E-state index in [0.717, 1.165) is 47.4 Å². The van der Waals surface area contributed by atoms with Crippen LogP contribution in [-0.4, -0.2) is 32.3 Å². The molecule has 4 aromatic rings. The highest BCUT2D eigenvalue weighted by molar-refractivity contribution is 5.91. The van der Waals surface area contributed by atoms with Gasteiger partial charge in [-0.05, 0) is 61.5 Å². The van der Waals surface area contributed by atoms with E-state index in [1.165, 1.54) is 12.1 Å². The lowest BCUT2D eigenvalue weighted by molar-refractivity contribution is 0.406. The zero-order valence-electron chi connectivity index (χ0n) is 19.3. The lowest BCUT2D eigenvalue weighted by Crippen LogP contribution is -2.18. The molecular weight excluding hydrogens is 433 g/mol. The molecule has 34 heavy (non-hydrogen) atoms. The summed E-state index contributed by atoms with van der Waals surface area (Å²) < 4.78 is 30.0. The standard InChI is InChI=1S/C27H28FN3O3/c1-32-21-5-3-6-22(16-21)34-23-8-9-24-25(11-14-31-26(24)17-23)30-13-4-12-29-18-19-15-20(28)7-10-27(19)33-2/h3,5-11,14-17,29H,4,12-13,18H2,1-2H3,(H,30,31). The van der Waals surface area contributed by atoms with Crippen molar-refractivity contribution in [3.63, 3.8) is 0 Å². The molecule has 1 heterocycles. The number of hydrogen-bond acceptors (Lipinski definition) is 6. The molecule has 0 amide bonds. The van der Waals surface area contributed by atoms with Crippen molar-refractivity contribution in [1.82, 2.24) is 10.3 Å². The molecule has 4 rings (SSSR count). The summed E-state index contributed by atoms with van der Waals surface area (Å²) in [4.78, 5) is 4.49. The first-order valence-corrected chi connectivity index (χ1v) is 11.1. The van der Waals surface area contributed by atoms with Crippen LogP contribution < -0.4 is 24.8 Å². The molecule has 6 nitrogen and oxygen atoms in total. The number of nitrogens with one attached hydrogen (secondary N) is 2. The molecule has 0 radical (unpaired) electrons. The molecule has 0 spiro atoms. The van der Waals surface area contributed by atoms with Crippen LogP contribution in [0.1, 0.15) is 12.0 Å². The minimum Gasteiger partial charge on any atom is -0.497 e. The molecule has 0 aliphatic carbocycles. The molecule has 1 aromatic heterocycles. The van der Waals surface area contributed by atoms with Gasteiger partial charge >= 0.3 is 0 Å². The fourth-order valence-corrected chi connectivity index (χ4v) is 3.69. The topological polar surface area (TPSA) is 64.6 Å². The zero-order chi connectivity index (χ0) is 23.8. The summed E-state index contributed by atoms with van der Waals surface area (Å²) in [5, 5.41) is 7.85. The number of halogens is 1. The first-order valence-electron chi connectivity index (χ1n) is 11.1. The zero-order valence-corrected chi connectivity index (χ0v) is 19.3. The maximum absolute atomic E-state index is 13.5. The molecule has 0 saturated heterocycles. The summed E-state index contributed by atoms with van der Waals surface area (Å²) in [6, 6.07) is 19.9. The van der Waals surface area contributed by atoms with Crippen molar-refractivity contribution in [2.75, 3.05) is 32.6 Å². The van der Waals surface area contributed by atoms with Crippen molar-refractivity contribution >= 4 is 16.6 Å². The largest absolute Gasteiger partial charge is 0.497 e. The summed E-state index contributed by atoms with van der Waals surface area (Å²) in [7, 11) is 3.22. The summed E-state index contributed by atoms with van der Waals surface area (Å²) in [5.74, 6) is 2.58. The maximum atomic E-state index is 13.5. The number of methoxy groups -OCH3 is 2. The highest BCUT2D eigenvalue weighted by Crippen LogP contribution is 2.29. The van der Waals surface area contributed by atoms with E-state index < -0.39 is 0 Å². The summed E-state index contributed by atoms with van der Waals surface area (Å²) >= 11 is 0. The number of aromatic nitrogens is 1. The average molecular weight is 462 g/mol. The second kappa shape index (κ2) is 11.3. The predicted octanol–water partition coefficient (Wildman–Crippen LogP) is 5.78. The summed E-state index contributed by atoms with van der Waals surface area (Å²) in [5.41, 5.74) is 2.68. The van der Waals surface area contributed by atoms with Crippen LogP contribution in [0, 0.1) is 5.82 Å². The van der Waals surface area contributed by atoms with Crippen molar-refractivity contribution in [1.29, 1.82) is 0 Å². The Morgan fingerprint density at radius 3 is 2.56 bits per heavy atom. The Balaban J connectivity index is 1.31. The first kappa shape index (κ1) is 23.3. The van der Waals surface area contributed by atoms with Crippen molar-refractivity contribution in [2.45, 2.75) is 13.0 Å². The van der Waals surface area contributed by atoms with Gasteiger partial charge in [0.05, 0.1) is 19.7 Å². The van der Waals surface area contributed by atoms with Crippen LogP contribution >= 0.6 is 0 Å². The van der Waals surface area contributed by atoms with Crippen molar-refractivity contribution in [3.8, 4) is 23.0 Å². The van der Waals surface area contributed by atoms with Gasteiger partial charge in [0.25, 0.3) is 0 Å². The molecule has 3 aromatic carbocycles. The summed E-state index contributed by atoms with van der Waals surface area (Å²) in [6.07, 6.45) is 2.69. The summed E-state index contributed by atoms with van der Waals surface area (Å²) in [6.45, 7) is 2.12. The van der Waals surface area contributed by atoms with Crippen LogP contribution in [0.3, 0.4) is 0 Å². The molecule has 0 fully saturated rings. The Bertz CT molecular complexity index is 1250. The van der Waals surface area contributed by atoms with Crippen LogP contribution in [0.15, 0.2) is 72.9 Å². The number of pyridine rings is 1. The number of rotatable bonds is 11. The number of hydrogen-bond donors (Lipinski definition) is 2. The number of fused-ring (bicyclic) bond motifs is 1. The van der Waals surface area contributed by atoms with Gasteiger partial charge in [-0.2, -0.15) is 0 Å². The van der Waals surface area contributed by atoms with Gasteiger partial charge in [0.15, 0.2) is 0 Å². The maximum Gasteiger partial charge on any atom is 0.131 e. The van der Waals surface area contributed by atoms with Gasteiger partial charge in [0.2, 0.25) is 0 Å². The molecule has 0 aliphatic rings. The second-order valence-corrected chi connectivity index (χ2v) is 7.73. The van der Waals surface area contributed by atoms with Crippen LogP contribution in [0.25, 0.3) is 10.9 Å². The molecule has 176 valence electrons. The van der Waals surface area contributed by atoms with Crippen LogP contribution in [0.5, 0.6) is 23.0 Å². The SMILES string of the molecule is COc1cccc(Oc2ccc3c(NCCCNCc4cc(F)ccc4OC)ccnc3c2)c1. The van der Waals surface area contributed by atoms with E-state index in [4.69, 9.17) is 14.2 Å². The van der Waals surface area contributed by atoms with Gasteiger partial charge in [0, 0.05) is 48.1 Å². The Hall–Kier alpha value is -3.84. The van der Waals surface area contributed by atoms with Crippen LogP contribution in [0.4, 0.5) is 10.1 Å². The molecule has 0 atom stereocenters. The predicted molar refractivity (Wildman–Crippen MR) is 133 cm³/mol. The Morgan fingerprint density at radius 2 is 1.71 bits per heavy atom. The van der Waals surface area contributed by atoms with Gasteiger partial charge < -0.3 is 24.8 Å². The number of anilines is 1. The molecule has 0 saturated carbocycles. The minimum atomic E-state index is -0.263. The quantitative estimate of drug-likeness (QED) is 0.276. The van der Waals surface area contributed by atoms with E-state index in [0.29, 0.717) is 23.8 Å². The molecule has 7 heteroatoms. The van der Waals surface area contributed by atoms with Gasteiger partial charge in [-0.3, -0.25) is 4.98 Å². The lowest BCUT2D eigenvalue weighted by Gasteiger charge is -2.12. The minimum absolute atomic E-state index is 0.263. The molecular formula is C27H28FN3O3. The van der Waals surface area contributed by atoms with Gasteiger partial charge in [-0.1, -0.05) is 6.07 Å². The normalized spacial score (nSPS) is 10.8. The third kappa shape index (κ3) is 5.94. The highest BCUT2D eigenvalue weighted by atomic mass is 19.1. The van der Waals surface area contributed by atoms with Crippen LogP contribution in [0.2, 0.25) is 0 Å². The van der Waals surface area contributed by atoms with Crippen molar-refractivity contribution < 1.29 is 18.6 Å². The van der Waals surface area contributed by atoms with Crippen LogP contribution in [-0.2, 0) is 6.54 Å². The van der Waals surface area contributed by atoms with Gasteiger partial charge in [0.1, 0.15) is 28.8 Å². The van der Waals surface area contributed by atoms with E-state index in [-0.39, 0.29) is 5.82 Å². The molecule has 2 N–H and O–H groups in total. The highest BCUT2D eigenvalue weighted by Gasteiger charge is 2.06.